The maximum absolute atomic E-state index is 14.0. The van der Waals surface area contributed by atoms with Crippen molar-refractivity contribution in [1.82, 2.24) is 9.97 Å². The molecular weight excluding hydrogens is 633 g/mol. The summed E-state index contributed by atoms with van der Waals surface area (Å²) in [7, 11) is 5.57. The molecule has 1 heterocycles. The van der Waals surface area contributed by atoms with Gasteiger partial charge in [-0.3, -0.25) is 15.0 Å². The Morgan fingerprint density at radius 1 is 0.978 bits per heavy atom. The molecule has 3 aromatic rings. The number of nitro groups is 1. The van der Waals surface area contributed by atoms with Crippen molar-refractivity contribution in [1.29, 1.82) is 0 Å². The Morgan fingerprint density at radius 3 is 2.18 bits per heavy atom. The molecule has 0 aliphatic rings. The van der Waals surface area contributed by atoms with Gasteiger partial charge in [0, 0.05) is 38.3 Å². The van der Waals surface area contributed by atoms with Gasteiger partial charge in [-0.05, 0) is 32.9 Å². The molecular formula is C29H33Cl2N5O9. The van der Waals surface area contributed by atoms with Crippen LogP contribution in [0.4, 0.5) is 26.8 Å². The predicted molar refractivity (Wildman–Crippen MR) is 167 cm³/mol. The minimum atomic E-state index is -1.09. The zero-order chi connectivity index (χ0) is 33.5. The molecule has 0 atom stereocenters. The van der Waals surface area contributed by atoms with Crippen LogP contribution in [-0.4, -0.2) is 74.2 Å². The van der Waals surface area contributed by atoms with Gasteiger partial charge in [0.1, 0.15) is 57.3 Å². The summed E-state index contributed by atoms with van der Waals surface area (Å²) in [6.45, 7) is 5.42. The van der Waals surface area contributed by atoms with Crippen LogP contribution < -0.4 is 24.0 Å². The van der Waals surface area contributed by atoms with Gasteiger partial charge in [0.15, 0.2) is 0 Å². The van der Waals surface area contributed by atoms with Crippen molar-refractivity contribution in [2.75, 3.05) is 51.4 Å². The van der Waals surface area contributed by atoms with Crippen molar-refractivity contribution in [3.05, 3.63) is 68.1 Å². The Hall–Kier alpha value is -4.40. The summed E-state index contributed by atoms with van der Waals surface area (Å²) in [6, 6.07) is 6.39. The summed E-state index contributed by atoms with van der Waals surface area (Å²) in [5.74, 6) is 0.531. The second kappa shape index (κ2) is 15.1. The van der Waals surface area contributed by atoms with E-state index in [9.17, 15) is 19.7 Å². The Kier molecular flexibility index (Phi) is 11.7. The lowest BCUT2D eigenvalue weighted by Gasteiger charge is -2.30. The van der Waals surface area contributed by atoms with Crippen LogP contribution in [0.3, 0.4) is 0 Å². The highest BCUT2D eigenvalue weighted by Gasteiger charge is 2.37. The highest BCUT2D eigenvalue weighted by atomic mass is 35.5. The number of carbonyl (C=O) groups excluding carboxylic acids is 2. The van der Waals surface area contributed by atoms with Crippen molar-refractivity contribution in [3.8, 4) is 17.2 Å². The number of aromatic nitrogens is 2. The molecule has 0 saturated heterocycles. The average Bonchev–Trinajstić information content (AvgIpc) is 2.98. The Bertz CT molecular complexity index is 1540. The van der Waals surface area contributed by atoms with E-state index < -0.39 is 22.6 Å². The SMILES string of the molecule is COCCOc1ccc(Cc2cc(N(C)C(=O)N(C(=O)OC(C)(C)C)c3c(Cl)c(OC)cc(OC)c3Cl)ncn2)c([N+](=O)[O-])c1. The number of carbonyl (C=O) groups is 2. The van der Waals surface area contributed by atoms with Crippen molar-refractivity contribution >= 4 is 52.5 Å². The first kappa shape index (κ1) is 35.1. The molecule has 14 nitrogen and oxygen atoms in total. The summed E-state index contributed by atoms with van der Waals surface area (Å²) in [5, 5.41) is 11.5. The van der Waals surface area contributed by atoms with Crippen molar-refractivity contribution in [2.45, 2.75) is 32.8 Å². The normalized spacial score (nSPS) is 11.0. The maximum Gasteiger partial charge on any atom is 0.423 e. The third-order valence-electron chi connectivity index (χ3n) is 6.06. The third-order valence-corrected chi connectivity index (χ3v) is 6.79. The van der Waals surface area contributed by atoms with E-state index in [4.69, 9.17) is 46.9 Å². The van der Waals surface area contributed by atoms with Gasteiger partial charge in [-0.2, -0.15) is 4.90 Å². The minimum absolute atomic E-state index is 0.0206. The van der Waals surface area contributed by atoms with E-state index in [0.717, 1.165) is 4.90 Å². The number of methoxy groups -OCH3 is 3. The maximum atomic E-state index is 14.0. The van der Waals surface area contributed by atoms with Crippen LogP contribution in [0.2, 0.25) is 10.0 Å². The first-order valence-electron chi connectivity index (χ1n) is 13.3. The number of benzene rings is 2. The van der Waals surface area contributed by atoms with E-state index in [1.54, 1.807) is 32.9 Å². The second-order valence-electron chi connectivity index (χ2n) is 10.3. The number of nitrogens with zero attached hydrogens (tertiary/aromatic N) is 5. The lowest BCUT2D eigenvalue weighted by molar-refractivity contribution is -0.385. The largest absolute Gasteiger partial charge is 0.495 e. The molecule has 3 rings (SSSR count). The van der Waals surface area contributed by atoms with Crippen LogP contribution in [0.25, 0.3) is 0 Å². The monoisotopic (exact) mass is 665 g/mol. The zero-order valence-electron chi connectivity index (χ0n) is 25.8. The molecule has 0 spiro atoms. The third kappa shape index (κ3) is 8.62. The van der Waals surface area contributed by atoms with Gasteiger partial charge < -0.3 is 23.7 Å². The molecule has 0 saturated carbocycles. The van der Waals surface area contributed by atoms with E-state index in [-0.39, 0.29) is 51.8 Å². The van der Waals surface area contributed by atoms with Crippen LogP contribution in [0.5, 0.6) is 17.2 Å². The molecule has 0 bridgehead atoms. The molecule has 45 heavy (non-hydrogen) atoms. The number of halogens is 2. The lowest BCUT2D eigenvalue weighted by Crippen LogP contribution is -2.47. The Balaban J connectivity index is 2.02. The fourth-order valence-corrected chi connectivity index (χ4v) is 4.62. The second-order valence-corrected chi connectivity index (χ2v) is 11.1. The van der Waals surface area contributed by atoms with Gasteiger partial charge in [0.05, 0.1) is 37.5 Å². The van der Waals surface area contributed by atoms with Gasteiger partial charge in [-0.1, -0.05) is 23.2 Å². The first-order chi connectivity index (χ1) is 21.2. The molecule has 0 aliphatic carbocycles. The summed E-state index contributed by atoms with van der Waals surface area (Å²) < 4.78 is 26.6. The van der Waals surface area contributed by atoms with Crippen LogP contribution in [0, 0.1) is 10.1 Å². The van der Waals surface area contributed by atoms with E-state index in [1.165, 1.54) is 52.9 Å². The molecule has 3 amide bonds. The van der Waals surface area contributed by atoms with E-state index in [0.29, 0.717) is 28.5 Å². The molecule has 0 aliphatic heterocycles. The zero-order valence-corrected chi connectivity index (χ0v) is 27.3. The molecule has 2 aromatic carbocycles. The van der Waals surface area contributed by atoms with E-state index >= 15 is 0 Å². The van der Waals surface area contributed by atoms with Crippen molar-refractivity contribution in [2.24, 2.45) is 0 Å². The molecule has 0 radical (unpaired) electrons. The number of urea groups is 1. The predicted octanol–water partition coefficient (Wildman–Crippen LogP) is 6.32. The number of rotatable bonds is 11. The first-order valence-corrected chi connectivity index (χ1v) is 14.1. The standard InChI is InChI=1S/C29H33Cl2N5O9/c1-29(2,3)45-28(38)35(26-24(30)21(42-6)15-22(43-7)25(26)31)27(37)34(4)23-13-18(32-16-33-23)12-17-8-9-19(44-11-10-41-5)14-20(17)36(39)40/h8-9,13-16H,10-12H2,1-7H3. The van der Waals surface area contributed by atoms with Gasteiger partial charge in [-0.15, -0.1) is 0 Å². The number of nitro benzene ring substituents is 1. The smallest absolute Gasteiger partial charge is 0.423 e. The minimum Gasteiger partial charge on any atom is -0.495 e. The molecule has 0 N–H and O–H groups in total. The summed E-state index contributed by atoms with van der Waals surface area (Å²) in [6.07, 6.45) is 0.123. The number of amides is 3. The van der Waals surface area contributed by atoms with Crippen molar-refractivity contribution in [3.63, 3.8) is 0 Å². The van der Waals surface area contributed by atoms with Crippen LogP contribution in [-0.2, 0) is 15.9 Å². The van der Waals surface area contributed by atoms with Gasteiger partial charge >= 0.3 is 12.1 Å². The van der Waals surface area contributed by atoms with Crippen molar-refractivity contribution < 1.29 is 38.2 Å². The fraction of sp³-hybridized carbons (Fsp3) is 0.379. The summed E-state index contributed by atoms with van der Waals surface area (Å²) in [5.41, 5.74) is -0.730. The lowest BCUT2D eigenvalue weighted by atomic mass is 10.1. The Morgan fingerprint density at radius 2 is 1.62 bits per heavy atom. The summed E-state index contributed by atoms with van der Waals surface area (Å²) >= 11 is 13.1. The van der Waals surface area contributed by atoms with Gasteiger partial charge in [0.25, 0.3) is 5.69 Å². The quantitative estimate of drug-likeness (QED) is 0.128. The molecule has 0 unspecified atom stereocenters. The van der Waals surface area contributed by atoms with E-state index in [1.807, 2.05) is 0 Å². The van der Waals surface area contributed by atoms with Crippen LogP contribution in [0.15, 0.2) is 36.7 Å². The van der Waals surface area contributed by atoms with Crippen LogP contribution in [0.1, 0.15) is 32.0 Å². The molecule has 16 heteroatoms. The van der Waals surface area contributed by atoms with Crippen LogP contribution >= 0.6 is 23.2 Å². The highest BCUT2D eigenvalue weighted by Crippen LogP contribution is 2.47. The number of hydrogen-bond acceptors (Lipinski definition) is 11. The number of anilines is 2. The highest BCUT2D eigenvalue weighted by molar-refractivity contribution is 6.43. The van der Waals surface area contributed by atoms with Gasteiger partial charge in [0.2, 0.25) is 0 Å². The molecule has 242 valence electrons. The average molecular weight is 667 g/mol. The number of ether oxygens (including phenoxy) is 5. The topological polar surface area (TPSA) is 156 Å². The molecule has 0 fully saturated rings. The van der Waals surface area contributed by atoms with Gasteiger partial charge in [-0.25, -0.2) is 19.6 Å². The number of imide groups is 1. The number of hydrogen-bond donors (Lipinski definition) is 0. The van der Waals surface area contributed by atoms with E-state index in [2.05, 4.69) is 9.97 Å². The fourth-order valence-electron chi connectivity index (χ4n) is 3.95. The molecule has 1 aromatic heterocycles. The Labute approximate surface area is 269 Å². The summed E-state index contributed by atoms with van der Waals surface area (Å²) in [4.78, 5) is 48.9.